The zero-order valence-corrected chi connectivity index (χ0v) is 17.3. The lowest BCUT2D eigenvalue weighted by atomic mass is 9.81. The van der Waals surface area contributed by atoms with Crippen LogP contribution < -0.4 is 0 Å². The highest BCUT2D eigenvalue weighted by Gasteiger charge is 2.30. The maximum Gasteiger partial charge on any atom is 0.192 e. The lowest BCUT2D eigenvalue weighted by Gasteiger charge is -2.28. The fourth-order valence-corrected chi connectivity index (χ4v) is 3.86. The molecular formula is C22H34O3S. The lowest BCUT2D eigenvalue weighted by molar-refractivity contribution is -0.113. The SMILES string of the molecule is CCCC/C=C/[C@@H](c1ccccc1)[C@H](CO)[C@@H](O)CC(=O)SC(C)(C)C. The number of aliphatic hydroxyl groups excluding tert-OH is 2. The third kappa shape index (κ3) is 8.52. The molecule has 0 bridgehead atoms. The summed E-state index contributed by atoms with van der Waals surface area (Å²) in [4.78, 5) is 12.3. The number of hydrogen-bond acceptors (Lipinski definition) is 4. The Bertz CT molecular complexity index is 548. The summed E-state index contributed by atoms with van der Waals surface area (Å²) in [5, 5.41) is 20.6. The van der Waals surface area contributed by atoms with E-state index in [-0.39, 0.29) is 28.8 Å². The minimum absolute atomic E-state index is 0.0368. The van der Waals surface area contributed by atoms with Crippen LogP contribution in [0.2, 0.25) is 0 Å². The van der Waals surface area contributed by atoms with Crippen molar-refractivity contribution in [2.45, 2.75) is 70.1 Å². The van der Waals surface area contributed by atoms with E-state index >= 15 is 0 Å². The Hall–Kier alpha value is -1.10. The van der Waals surface area contributed by atoms with Gasteiger partial charge < -0.3 is 10.2 Å². The molecule has 0 aliphatic heterocycles. The van der Waals surface area contributed by atoms with Crippen molar-refractivity contribution in [1.82, 2.24) is 0 Å². The highest BCUT2D eigenvalue weighted by Crippen LogP contribution is 2.32. The molecule has 1 aromatic rings. The van der Waals surface area contributed by atoms with Crippen molar-refractivity contribution in [1.29, 1.82) is 0 Å². The van der Waals surface area contributed by atoms with Crippen LogP contribution >= 0.6 is 11.8 Å². The molecule has 0 unspecified atom stereocenters. The molecule has 0 radical (unpaired) electrons. The molecule has 0 spiro atoms. The molecule has 0 aromatic heterocycles. The number of benzene rings is 1. The standard InChI is InChI=1S/C22H34O3S/c1-5-6-7-11-14-18(17-12-9-8-10-13-17)19(16-23)20(24)15-21(25)26-22(2,3)4/h8-14,18-20,23-24H,5-7,15-16H2,1-4H3/b14-11+/t18-,19-,20-/m0/s1. The fraction of sp³-hybridized carbons (Fsp3) is 0.591. The smallest absolute Gasteiger partial charge is 0.192 e. The summed E-state index contributed by atoms with van der Waals surface area (Å²) in [6, 6.07) is 9.90. The van der Waals surface area contributed by atoms with E-state index in [1.165, 1.54) is 11.8 Å². The molecule has 146 valence electrons. The predicted molar refractivity (Wildman–Crippen MR) is 111 cm³/mol. The summed E-state index contributed by atoms with van der Waals surface area (Å²) in [5.74, 6) is -0.514. The van der Waals surface area contributed by atoms with Gasteiger partial charge in [0.05, 0.1) is 6.10 Å². The Labute approximate surface area is 162 Å². The molecule has 3 atom stereocenters. The van der Waals surface area contributed by atoms with Crippen LogP contribution in [0.3, 0.4) is 0 Å². The Balaban J connectivity index is 2.93. The normalized spacial score (nSPS) is 15.8. The van der Waals surface area contributed by atoms with E-state index in [0.717, 1.165) is 24.8 Å². The van der Waals surface area contributed by atoms with Gasteiger partial charge in [0.2, 0.25) is 0 Å². The van der Waals surface area contributed by atoms with Gasteiger partial charge in [0, 0.05) is 29.6 Å². The van der Waals surface area contributed by atoms with Crippen molar-refractivity contribution in [2.24, 2.45) is 5.92 Å². The number of carbonyl (C=O) groups excluding carboxylic acids is 1. The minimum atomic E-state index is -0.872. The lowest BCUT2D eigenvalue weighted by Crippen LogP contribution is -2.31. The molecule has 0 aliphatic carbocycles. The summed E-state index contributed by atoms with van der Waals surface area (Å²) in [7, 11) is 0. The largest absolute Gasteiger partial charge is 0.396 e. The summed E-state index contributed by atoms with van der Waals surface area (Å²) in [5.41, 5.74) is 1.05. The van der Waals surface area contributed by atoms with Crippen molar-refractivity contribution >= 4 is 16.9 Å². The van der Waals surface area contributed by atoms with Crippen LogP contribution in [-0.2, 0) is 4.79 Å². The molecular weight excluding hydrogens is 344 g/mol. The Morgan fingerprint density at radius 2 is 1.88 bits per heavy atom. The van der Waals surface area contributed by atoms with Crippen molar-refractivity contribution < 1.29 is 15.0 Å². The number of aliphatic hydroxyl groups is 2. The van der Waals surface area contributed by atoms with Gasteiger partial charge in [0.1, 0.15) is 0 Å². The maximum atomic E-state index is 12.3. The Kier molecular flexibility index (Phi) is 10.2. The van der Waals surface area contributed by atoms with Gasteiger partial charge in [-0.3, -0.25) is 4.79 Å². The van der Waals surface area contributed by atoms with Gasteiger partial charge in [0.15, 0.2) is 5.12 Å². The van der Waals surface area contributed by atoms with Crippen molar-refractivity contribution in [2.75, 3.05) is 6.61 Å². The van der Waals surface area contributed by atoms with Crippen molar-refractivity contribution in [3.05, 3.63) is 48.0 Å². The zero-order chi connectivity index (χ0) is 19.6. The van der Waals surface area contributed by atoms with E-state index in [4.69, 9.17) is 0 Å². The molecule has 4 heteroatoms. The number of rotatable bonds is 10. The average molecular weight is 379 g/mol. The van der Waals surface area contributed by atoms with Crippen LogP contribution in [0.1, 0.15) is 64.9 Å². The van der Waals surface area contributed by atoms with Crippen LogP contribution in [0, 0.1) is 5.92 Å². The van der Waals surface area contributed by atoms with Gasteiger partial charge in [-0.25, -0.2) is 0 Å². The van der Waals surface area contributed by atoms with E-state index in [2.05, 4.69) is 19.1 Å². The zero-order valence-electron chi connectivity index (χ0n) is 16.5. The second-order valence-corrected chi connectivity index (χ2v) is 9.60. The molecule has 0 aliphatic rings. The monoisotopic (exact) mass is 378 g/mol. The summed E-state index contributed by atoms with van der Waals surface area (Å²) in [6.07, 6.45) is 6.62. The second-order valence-electron chi connectivity index (χ2n) is 7.71. The van der Waals surface area contributed by atoms with Gasteiger partial charge in [-0.1, -0.05) is 94.8 Å². The van der Waals surface area contributed by atoms with Gasteiger partial charge in [-0.2, -0.15) is 0 Å². The molecule has 0 amide bonds. The fourth-order valence-electron chi connectivity index (χ4n) is 2.92. The molecule has 3 nitrogen and oxygen atoms in total. The average Bonchev–Trinajstić information content (AvgIpc) is 2.56. The highest BCUT2D eigenvalue weighted by atomic mass is 32.2. The van der Waals surface area contributed by atoms with Crippen LogP contribution in [0.15, 0.2) is 42.5 Å². The van der Waals surface area contributed by atoms with Crippen molar-refractivity contribution in [3.8, 4) is 0 Å². The predicted octanol–water partition coefficient (Wildman–Crippen LogP) is 4.93. The first-order chi connectivity index (χ1) is 12.3. The first kappa shape index (κ1) is 22.9. The van der Waals surface area contributed by atoms with Crippen LogP contribution in [0.5, 0.6) is 0 Å². The number of allylic oxidation sites excluding steroid dienone is 2. The molecule has 0 heterocycles. The van der Waals surface area contributed by atoms with Gasteiger partial charge in [0.25, 0.3) is 0 Å². The summed E-state index contributed by atoms with van der Waals surface area (Å²) >= 11 is 1.25. The van der Waals surface area contributed by atoms with Gasteiger partial charge in [-0.05, 0) is 12.0 Å². The van der Waals surface area contributed by atoms with E-state index in [1.54, 1.807) is 0 Å². The second kappa shape index (κ2) is 11.6. The quantitative estimate of drug-likeness (QED) is 0.447. The number of hydrogen-bond donors (Lipinski definition) is 2. The van der Waals surface area contributed by atoms with Gasteiger partial charge in [-0.15, -0.1) is 0 Å². The minimum Gasteiger partial charge on any atom is -0.396 e. The Morgan fingerprint density at radius 3 is 2.42 bits per heavy atom. The van der Waals surface area contributed by atoms with Crippen LogP contribution in [0.4, 0.5) is 0 Å². The topological polar surface area (TPSA) is 57.5 Å². The first-order valence-electron chi connectivity index (χ1n) is 9.50. The summed E-state index contributed by atoms with van der Waals surface area (Å²) in [6.45, 7) is 7.94. The third-order valence-corrected chi connectivity index (χ3v) is 5.22. The van der Waals surface area contributed by atoms with E-state index < -0.39 is 12.0 Å². The first-order valence-corrected chi connectivity index (χ1v) is 10.3. The molecule has 0 saturated heterocycles. The number of thioether (sulfide) groups is 1. The molecule has 26 heavy (non-hydrogen) atoms. The molecule has 0 saturated carbocycles. The molecule has 1 aromatic carbocycles. The molecule has 0 fully saturated rings. The highest BCUT2D eigenvalue weighted by molar-refractivity contribution is 8.14. The van der Waals surface area contributed by atoms with Gasteiger partial charge >= 0.3 is 0 Å². The number of unbranched alkanes of at least 4 members (excludes halogenated alkanes) is 2. The van der Waals surface area contributed by atoms with E-state index in [0.29, 0.717) is 0 Å². The van der Waals surface area contributed by atoms with E-state index in [1.807, 2.05) is 51.1 Å². The van der Waals surface area contributed by atoms with Crippen LogP contribution in [-0.4, -0.2) is 32.8 Å². The Morgan fingerprint density at radius 1 is 1.23 bits per heavy atom. The van der Waals surface area contributed by atoms with Crippen molar-refractivity contribution in [3.63, 3.8) is 0 Å². The van der Waals surface area contributed by atoms with Crippen LogP contribution in [0.25, 0.3) is 0 Å². The molecule has 2 N–H and O–H groups in total. The summed E-state index contributed by atoms with van der Waals surface area (Å²) < 4.78 is -0.176. The number of carbonyl (C=O) groups is 1. The maximum absolute atomic E-state index is 12.3. The third-order valence-electron chi connectivity index (χ3n) is 4.21. The molecule has 1 rings (SSSR count). The van der Waals surface area contributed by atoms with E-state index in [9.17, 15) is 15.0 Å².